The van der Waals surface area contributed by atoms with Gasteiger partial charge in [-0.25, -0.2) is 8.42 Å². The summed E-state index contributed by atoms with van der Waals surface area (Å²) < 4.78 is 21.9. The third kappa shape index (κ3) is 1.51. The number of anilines is 1. The van der Waals surface area contributed by atoms with E-state index >= 15 is 0 Å². The lowest BCUT2D eigenvalue weighted by Gasteiger charge is -1.97. The summed E-state index contributed by atoms with van der Waals surface area (Å²) in [5, 5.41) is 8.80. The fourth-order valence-electron chi connectivity index (χ4n) is 0.735. The van der Waals surface area contributed by atoms with Crippen LogP contribution in [0.5, 0.6) is 0 Å². The molecule has 1 heterocycles. The summed E-state index contributed by atoms with van der Waals surface area (Å²) in [5.41, 5.74) is 0. The van der Waals surface area contributed by atoms with Gasteiger partial charge in [0.2, 0.25) is 0 Å². The van der Waals surface area contributed by atoms with E-state index in [0.29, 0.717) is 5.82 Å². The lowest BCUT2D eigenvalue weighted by molar-refractivity contribution is 0.602. The average Bonchev–Trinajstić information content (AvgIpc) is 2.31. The van der Waals surface area contributed by atoms with Gasteiger partial charge in [0.05, 0.1) is 6.20 Å². The van der Waals surface area contributed by atoms with Crippen LogP contribution < -0.4 is 5.32 Å². The smallest absolute Gasteiger partial charge is 0.180 e. The second-order valence-electron chi connectivity index (χ2n) is 2.13. The van der Waals surface area contributed by atoms with Crippen LogP contribution in [0.15, 0.2) is 11.1 Å². The van der Waals surface area contributed by atoms with Gasteiger partial charge in [0.15, 0.2) is 9.84 Å². The van der Waals surface area contributed by atoms with Gasteiger partial charge >= 0.3 is 0 Å². The highest BCUT2D eigenvalue weighted by Crippen LogP contribution is 2.15. The molecule has 0 aliphatic carbocycles. The fraction of sp³-hybridized carbons (Fsp3) is 0.400. The van der Waals surface area contributed by atoms with Gasteiger partial charge in [-0.15, -0.1) is 0 Å². The number of rotatable bonds is 2. The number of aromatic amines is 1. The van der Waals surface area contributed by atoms with Gasteiger partial charge in [-0.05, 0) is 0 Å². The second kappa shape index (κ2) is 2.54. The SMILES string of the molecule is CNc1[nH]ncc1S(C)(=O)=O. The summed E-state index contributed by atoms with van der Waals surface area (Å²) in [6.07, 6.45) is 2.42. The molecule has 0 radical (unpaired) electrons. The molecule has 0 spiro atoms. The molecule has 62 valence electrons. The molecule has 2 N–H and O–H groups in total. The van der Waals surface area contributed by atoms with Crippen molar-refractivity contribution in [1.29, 1.82) is 0 Å². The second-order valence-corrected chi connectivity index (χ2v) is 4.12. The van der Waals surface area contributed by atoms with E-state index in [1.165, 1.54) is 6.20 Å². The zero-order chi connectivity index (χ0) is 8.48. The Kier molecular flexibility index (Phi) is 1.86. The molecule has 11 heavy (non-hydrogen) atoms. The van der Waals surface area contributed by atoms with Gasteiger partial charge in [-0.2, -0.15) is 5.10 Å². The maximum absolute atomic E-state index is 11.0. The summed E-state index contributed by atoms with van der Waals surface area (Å²) >= 11 is 0. The molecule has 0 aromatic carbocycles. The van der Waals surface area contributed by atoms with Crippen molar-refractivity contribution in [3.63, 3.8) is 0 Å². The Morgan fingerprint density at radius 1 is 1.64 bits per heavy atom. The highest BCUT2D eigenvalue weighted by atomic mass is 32.2. The molecule has 0 bridgehead atoms. The Morgan fingerprint density at radius 3 is 2.64 bits per heavy atom. The normalized spacial score (nSPS) is 11.5. The quantitative estimate of drug-likeness (QED) is 0.655. The van der Waals surface area contributed by atoms with Crippen LogP contribution >= 0.6 is 0 Å². The minimum absolute atomic E-state index is 0.194. The number of H-pyrrole nitrogens is 1. The molecule has 0 atom stereocenters. The third-order valence-corrected chi connectivity index (χ3v) is 2.36. The summed E-state index contributed by atoms with van der Waals surface area (Å²) in [6.45, 7) is 0. The molecule has 0 saturated carbocycles. The highest BCUT2D eigenvalue weighted by molar-refractivity contribution is 7.90. The topological polar surface area (TPSA) is 74.8 Å². The molecular weight excluding hydrogens is 166 g/mol. The summed E-state index contributed by atoms with van der Waals surface area (Å²) in [6, 6.07) is 0. The van der Waals surface area contributed by atoms with Crippen LogP contribution in [0.1, 0.15) is 0 Å². The van der Waals surface area contributed by atoms with Gasteiger partial charge in [-0.1, -0.05) is 0 Å². The predicted octanol–water partition coefficient (Wildman–Crippen LogP) is -0.145. The summed E-state index contributed by atoms with van der Waals surface area (Å²) in [4.78, 5) is 0.194. The minimum atomic E-state index is -3.16. The number of nitrogens with one attached hydrogen (secondary N) is 2. The zero-order valence-corrected chi connectivity index (χ0v) is 7.07. The van der Waals surface area contributed by atoms with Crippen LogP contribution in [0.4, 0.5) is 5.82 Å². The average molecular weight is 175 g/mol. The van der Waals surface area contributed by atoms with Crippen molar-refractivity contribution in [1.82, 2.24) is 10.2 Å². The van der Waals surface area contributed by atoms with Crippen molar-refractivity contribution in [3.05, 3.63) is 6.20 Å². The monoisotopic (exact) mass is 175 g/mol. The highest BCUT2D eigenvalue weighted by Gasteiger charge is 2.13. The Bertz CT molecular complexity index is 340. The van der Waals surface area contributed by atoms with Crippen LogP contribution in [0.25, 0.3) is 0 Å². The molecule has 0 aliphatic heterocycles. The van der Waals surface area contributed by atoms with E-state index in [-0.39, 0.29) is 4.90 Å². The van der Waals surface area contributed by atoms with Gasteiger partial charge in [0.25, 0.3) is 0 Å². The van der Waals surface area contributed by atoms with E-state index in [1.54, 1.807) is 7.05 Å². The lowest BCUT2D eigenvalue weighted by atomic mass is 10.6. The largest absolute Gasteiger partial charge is 0.372 e. The van der Waals surface area contributed by atoms with Crippen molar-refractivity contribution >= 4 is 15.7 Å². The molecule has 1 aromatic heterocycles. The predicted molar refractivity (Wildman–Crippen MR) is 41.2 cm³/mol. The van der Waals surface area contributed by atoms with E-state index in [9.17, 15) is 8.42 Å². The molecule has 0 unspecified atom stereocenters. The molecule has 0 fully saturated rings. The zero-order valence-electron chi connectivity index (χ0n) is 6.25. The van der Waals surface area contributed by atoms with Crippen LogP contribution in [0.2, 0.25) is 0 Å². The molecule has 1 aromatic rings. The Morgan fingerprint density at radius 2 is 2.27 bits per heavy atom. The molecule has 1 rings (SSSR count). The van der Waals surface area contributed by atoms with Gasteiger partial charge in [-0.3, -0.25) is 5.10 Å². The van der Waals surface area contributed by atoms with E-state index < -0.39 is 9.84 Å². The van der Waals surface area contributed by atoms with Crippen LogP contribution in [-0.2, 0) is 9.84 Å². The van der Waals surface area contributed by atoms with Crippen molar-refractivity contribution in [2.24, 2.45) is 0 Å². The molecular formula is C5H9N3O2S. The first-order valence-electron chi connectivity index (χ1n) is 2.97. The number of nitrogens with zero attached hydrogens (tertiary/aromatic N) is 1. The molecule has 6 heteroatoms. The van der Waals surface area contributed by atoms with E-state index in [4.69, 9.17) is 0 Å². The standard InChI is InChI=1S/C5H9N3O2S/c1-6-5-4(3-7-8-5)11(2,9)10/h3H,1-2H3,(H2,6,7,8). The van der Waals surface area contributed by atoms with Crippen molar-refractivity contribution in [2.45, 2.75) is 4.90 Å². The van der Waals surface area contributed by atoms with Crippen molar-refractivity contribution in [2.75, 3.05) is 18.6 Å². The van der Waals surface area contributed by atoms with E-state index in [1.807, 2.05) is 0 Å². The number of hydrogen-bond acceptors (Lipinski definition) is 4. The lowest BCUT2D eigenvalue weighted by Crippen LogP contribution is -2.00. The Balaban J connectivity index is 3.24. The van der Waals surface area contributed by atoms with E-state index in [2.05, 4.69) is 15.5 Å². The maximum Gasteiger partial charge on any atom is 0.180 e. The molecule has 0 saturated heterocycles. The Hall–Kier alpha value is -1.04. The van der Waals surface area contributed by atoms with Crippen LogP contribution in [-0.4, -0.2) is 31.9 Å². The van der Waals surface area contributed by atoms with Gasteiger partial charge in [0.1, 0.15) is 10.7 Å². The Labute approximate surface area is 64.7 Å². The van der Waals surface area contributed by atoms with Crippen LogP contribution in [0.3, 0.4) is 0 Å². The fourth-order valence-corrected chi connectivity index (χ4v) is 1.50. The first kappa shape index (κ1) is 8.06. The van der Waals surface area contributed by atoms with Crippen molar-refractivity contribution in [3.8, 4) is 0 Å². The first-order chi connectivity index (χ1) is 5.05. The third-order valence-electron chi connectivity index (χ3n) is 1.25. The molecule has 5 nitrogen and oxygen atoms in total. The number of aromatic nitrogens is 2. The number of hydrogen-bond donors (Lipinski definition) is 2. The first-order valence-corrected chi connectivity index (χ1v) is 4.86. The maximum atomic E-state index is 11.0. The van der Waals surface area contributed by atoms with Gasteiger partial charge < -0.3 is 5.32 Å². The van der Waals surface area contributed by atoms with Crippen molar-refractivity contribution < 1.29 is 8.42 Å². The molecule has 0 aliphatic rings. The van der Waals surface area contributed by atoms with Gasteiger partial charge in [0, 0.05) is 13.3 Å². The van der Waals surface area contributed by atoms with Crippen LogP contribution in [0, 0.1) is 0 Å². The number of sulfone groups is 1. The minimum Gasteiger partial charge on any atom is -0.372 e. The molecule has 0 amide bonds. The summed E-state index contributed by atoms with van der Waals surface area (Å²) in [7, 11) is -1.53. The van der Waals surface area contributed by atoms with E-state index in [0.717, 1.165) is 6.26 Å². The summed E-state index contributed by atoms with van der Waals surface area (Å²) in [5.74, 6) is 0.424.